The van der Waals surface area contributed by atoms with E-state index in [0.29, 0.717) is 32.5 Å². The van der Waals surface area contributed by atoms with Gasteiger partial charge in [-0.3, -0.25) is 4.99 Å². The Morgan fingerprint density at radius 3 is 2.70 bits per heavy atom. The van der Waals surface area contributed by atoms with Gasteiger partial charge in [0.05, 0.1) is 0 Å². The first-order valence-electron chi connectivity index (χ1n) is 7.11. The molecular formula is C16H26FN3. The van der Waals surface area contributed by atoms with Crippen molar-refractivity contribution in [2.75, 3.05) is 19.6 Å². The summed E-state index contributed by atoms with van der Waals surface area (Å²) in [5.74, 6) is 0.779. The maximum absolute atomic E-state index is 13.9. The van der Waals surface area contributed by atoms with Gasteiger partial charge in [0.2, 0.25) is 0 Å². The molecule has 0 aromatic rings. The monoisotopic (exact) mass is 279 g/mol. The van der Waals surface area contributed by atoms with Crippen LogP contribution in [0.15, 0.2) is 42.1 Å². The normalized spacial score (nSPS) is 26.3. The maximum Gasteiger partial charge on any atom is 0.127 e. The van der Waals surface area contributed by atoms with Crippen molar-refractivity contribution in [3.8, 4) is 0 Å². The summed E-state index contributed by atoms with van der Waals surface area (Å²) in [4.78, 5) is 6.36. The molecule has 1 fully saturated rings. The minimum Gasteiger partial charge on any atom is -0.330 e. The molecule has 2 atom stereocenters. The molecule has 1 aliphatic rings. The van der Waals surface area contributed by atoms with Gasteiger partial charge in [0.25, 0.3) is 0 Å². The lowest BCUT2D eigenvalue weighted by atomic mass is 10.2. The average molecular weight is 279 g/mol. The maximum atomic E-state index is 13.9. The van der Waals surface area contributed by atoms with Gasteiger partial charge < -0.3 is 10.6 Å². The lowest BCUT2D eigenvalue weighted by molar-refractivity contribution is 0.274. The van der Waals surface area contributed by atoms with E-state index in [9.17, 15) is 4.39 Å². The molecule has 0 spiro atoms. The molecule has 1 aliphatic carbocycles. The van der Waals surface area contributed by atoms with Crippen LogP contribution in [0.2, 0.25) is 0 Å². The van der Waals surface area contributed by atoms with Crippen molar-refractivity contribution in [1.82, 2.24) is 4.90 Å². The molecule has 0 saturated heterocycles. The summed E-state index contributed by atoms with van der Waals surface area (Å²) in [5, 5.41) is 0. The zero-order valence-electron chi connectivity index (χ0n) is 12.6. The van der Waals surface area contributed by atoms with E-state index in [-0.39, 0.29) is 5.92 Å². The molecule has 2 N–H and O–H groups in total. The second-order valence-corrected chi connectivity index (χ2v) is 5.28. The zero-order valence-corrected chi connectivity index (χ0v) is 12.6. The Morgan fingerprint density at radius 2 is 2.25 bits per heavy atom. The first-order valence-corrected chi connectivity index (χ1v) is 7.11. The highest BCUT2D eigenvalue weighted by atomic mass is 19.1. The fourth-order valence-corrected chi connectivity index (χ4v) is 2.09. The minimum absolute atomic E-state index is 0.0513. The number of nitrogens with zero attached hydrogens (tertiary/aromatic N) is 2. The highest BCUT2D eigenvalue weighted by Gasteiger charge is 2.53. The summed E-state index contributed by atoms with van der Waals surface area (Å²) < 4.78 is 13.9. The fraction of sp³-hybridized carbons (Fsp3) is 0.562. The van der Waals surface area contributed by atoms with Gasteiger partial charge in [-0.05, 0) is 32.0 Å². The number of alkyl halides is 1. The van der Waals surface area contributed by atoms with Crippen LogP contribution in [0, 0.1) is 5.92 Å². The predicted octanol–water partition coefficient (Wildman–Crippen LogP) is 3.06. The van der Waals surface area contributed by atoms with E-state index < -0.39 is 5.67 Å². The van der Waals surface area contributed by atoms with Gasteiger partial charge in [-0.25, -0.2) is 4.39 Å². The minimum atomic E-state index is -0.995. The smallest absolute Gasteiger partial charge is 0.127 e. The van der Waals surface area contributed by atoms with E-state index in [4.69, 9.17) is 5.73 Å². The third-order valence-corrected chi connectivity index (χ3v) is 3.87. The molecular weight excluding hydrogens is 253 g/mol. The molecule has 0 heterocycles. The summed E-state index contributed by atoms with van der Waals surface area (Å²) in [5.41, 5.74) is 5.67. The second kappa shape index (κ2) is 7.39. The third kappa shape index (κ3) is 4.30. The molecule has 0 bridgehead atoms. The highest BCUT2D eigenvalue weighted by Crippen LogP contribution is 2.49. The Morgan fingerprint density at radius 1 is 1.55 bits per heavy atom. The fourth-order valence-electron chi connectivity index (χ4n) is 2.09. The van der Waals surface area contributed by atoms with Crippen LogP contribution < -0.4 is 5.73 Å². The van der Waals surface area contributed by atoms with E-state index in [0.717, 1.165) is 11.4 Å². The molecule has 0 amide bonds. The van der Waals surface area contributed by atoms with Crippen molar-refractivity contribution < 1.29 is 4.39 Å². The highest BCUT2D eigenvalue weighted by molar-refractivity contribution is 5.93. The quantitative estimate of drug-likeness (QED) is 0.421. The van der Waals surface area contributed by atoms with E-state index in [2.05, 4.69) is 18.2 Å². The molecule has 1 rings (SSSR count). The van der Waals surface area contributed by atoms with Crippen LogP contribution in [0.25, 0.3) is 0 Å². The van der Waals surface area contributed by atoms with Crippen LogP contribution in [-0.4, -0.2) is 36.0 Å². The van der Waals surface area contributed by atoms with Crippen LogP contribution in [0.5, 0.6) is 0 Å². The van der Waals surface area contributed by atoms with Crippen LogP contribution in [0.1, 0.15) is 26.7 Å². The van der Waals surface area contributed by atoms with Crippen LogP contribution in [0.3, 0.4) is 0 Å². The van der Waals surface area contributed by atoms with Gasteiger partial charge in [0.1, 0.15) is 11.5 Å². The van der Waals surface area contributed by atoms with Gasteiger partial charge in [-0.2, -0.15) is 0 Å². The van der Waals surface area contributed by atoms with Crippen molar-refractivity contribution in [2.24, 2.45) is 16.6 Å². The van der Waals surface area contributed by atoms with E-state index in [1.807, 2.05) is 24.8 Å². The number of hydrogen-bond acceptors (Lipinski definition) is 2. The Balaban J connectivity index is 2.63. The number of halogens is 1. The second-order valence-electron chi connectivity index (χ2n) is 5.28. The lowest BCUT2D eigenvalue weighted by Crippen LogP contribution is -2.25. The molecule has 0 aromatic heterocycles. The zero-order chi connectivity index (χ0) is 15.2. The van der Waals surface area contributed by atoms with E-state index in [1.165, 1.54) is 0 Å². The van der Waals surface area contributed by atoms with Crippen molar-refractivity contribution >= 4 is 5.84 Å². The van der Waals surface area contributed by atoms with Gasteiger partial charge in [-0.1, -0.05) is 31.7 Å². The summed E-state index contributed by atoms with van der Waals surface area (Å²) in [6, 6.07) is 0. The Bertz CT molecular complexity index is 414. The van der Waals surface area contributed by atoms with Gasteiger partial charge in [-0.15, -0.1) is 0 Å². The molecule has 0 aromatic carbocycles. The van der Waals surface area contributed by atoms with Gasteiger partial charge >= 0.3 is 0 Å². The molecule has 1 saturated carbocycles. The standard InChI is InChI=1S/C16H26FN3/c1-5-15(19-12-14-10-16(14,17)6-2)20(7-3)9-8-13(4)11-18/h5,7-8,14H,1,3,6,9-12,18H2,2,4H3/b13-8+,19-15+. The van der Waals surface area contributed by atoms with E-state index in [1.54, 1.807) is 12.3 Å². The van der Waals surface area contributed by atoms with Crippen LogP contribution in [0.4, 0.5) is 4.39 Å². The molecule has 0 aliphatic heterocycles. The van der Waals surface area contributed by atoms with Crippen LogP contribution in [-0.2, 0) is 0 Å². The molecule has 20 heavy (non-hydrogen) atoms. The first-order chi connectivity index (χ1) is 9.50. The topological polar surface area (TPSA) is 41.6 Å². The van der Waals surface area contributed by atoms with E-state index >= 15 is 0 Å². The molecule has 3 nitrogen and oxygen atoms in total. The van der Waals surface area contributed by atoms with Gasteiger partial charge in [0.15, 0.2) is 0 Å². The van der Waals surface area contributed by atoms with Crippen molar-refractivity contribution in [2.45, 2.75) is 32.4 Å². The third-order valence-electron chi connectivity index (χ3n) is 3.87. The molecule has 2 unspecified atom stereocenters. The Kier molecular flexibility index (Phi) is 6.14. The lowest BCUT2D eigenvalue weighted by Gasteiger charge is -2.18. The Hall–Kier alpha value is -1.42. The van der Waals surface area contributed by atoms with Crippen molar-refractivity contribution in [3.05, 3.63) is 37.1 Å². The number of rotatable bonds is 8. The van der Waals surface area contributed by atoms with Crippen molar-refractivity contribution in [1.29, 1.82) is 0 Å². The summed E-state index contributed by atoms with van der Waals surface area (Å²) >= 11 is 0. The SMILES string of the molecule is C=C/C(=N\CC1CC1(F)CC)N(C=C)C/C=C(\C)CN. The molecule has 4 heteroatoms. The molecule has 0 radical (unpaired) electrons. The Labute approximate surface area is 121 Å². The van der Waals surface area contributed by atoms with Crippen molar-refractivity contribution in [3.63, 3.8) is 0 Å². The van der Waals surface area contributed by atoms with Crippen LogP contribution >= 0.6 is 0 Å². The summed E-state index contributed by atoms with van der Waals surface area (Å²) in [7, 11) is 0. The van der Waals surface area contributed by atoms with Gasteiger partial charge in [0, 0.05) is 25.6 Å². The average Bonchev–Trinajstić information content (AvgIpc) is 3.13. The number of nitrogens with two attached hydrogens (primary N) is 1. The number of hydrogen-bond donors (Lipinski definition) is 1. The summed E-state index contributed by atoms with van der Waals surface area (Å²) in [6.45, 7) is 13.1. The largest absolute Gasteiger partial charge is 0.330 e. The molecule has 112 valence electrons. The number of aliphatic imine (C=N–C) groups is 1. The number of amidine groups is 1. The predicted molar refractivity (Wildman–Crippen MR) is 84.5 cm³/mol. The summed E-state index contributed by atoms with van der Waals surface area (Å²) in [6.07, 6.45) is 6.61. The first kappa shape index (κ1) is 16.6.